The van der Waals surface area contributed by atoms with Crippen LogP contribution in [0.4, 0.5) is 0 Å². The zero-order valence-electron chi connectivity index (χ0n) is 12.4. The average molecular weight is 279 g/mol. The Balaban J connectivity index is 1.87. The van der Waals surface area contributed by atoms with E-state index in [1.54, 1.807) is 0 Å². The molecule has 5 nitrogen and oxygen atoms in total. The number of nitriles is 1. The molecular weight excluding hydrogens is 254 g/mol. The van der Waals surface area contributed by atoms with Gasteiger partial charge in [-0.2, -0.15) is 5.26 Å². The molecule has 1 heterocycles. The van der Waals surface area contributed by atoms with Crippen molar-refractivity contribution in [3.8, 4) is 6.07 Å². The Hall–Kier alpha value is -1.12. The molecule has 2 rings (SSSR count). The number of carbonyl (C=O) groups is 1. The predicted molar refractivity (Wildman–Crippen MR) is 76.0 cm³/mol. The highest BCUT2D eigenvalue weighted by Crippen LogP contribution is 2.26. The minimum atomic E-state index is -0.633. The average Bonchev–Trinajstić information content (AvgIpc) is 2.65. The first-order valence-electron chi connectivity index (χ1n) is 7.70. The van der Waals surface area contributed by atoms with Crippen molar-refractivity contribution in [3.05, 3.63) is 0 Å². The molecular formula is C15H25N3O2. The summed E-state index contributed by atoms with van der Waals surface area (Å²) in [7, 11) is 0. The first-order chi connectivity index (χ1) is 9.63. The topological polar surface area (TPSA) is 65.4 Å². The molecule has 0 aromatic carbocycles. The molecule has 5 heteroatoms. The summed E-state index contributed by atoms with van der Waals surface area (Å²) in [4.78, 5) is 14.3. The summed E-state index contributed by atoms with van der Waals surface area (Å²) in [6.07, 6.45) is 6.15. The van der Waals surface area contributed by atoms with E-state index in [1.165, 1.54) is 12.8 Å². The quantitative estimate of drug-likeness (QED) is 0.794. The first kappa shape index (κ1) is 15.3. The third-order valence-corrected chi connectivity index (χ3v) is 4.24. The fourth-order valence-electron chi connectivity index (χ4n) is 3.14. The van der Waals surface area contributed by atoms with Gasteiger partial charge in [0, 0.05) is 13.1 Å². The molecule has 1 aliphatic heterocycles. The van der Waals surface area contributed by atoms with Gasteiger partial charge in [0.25, 0.3) is 0 Å². The molecule has 0 radical (unpaired) electrons. The molecule has 1 amide bonds. The number of morpholine rings is 1. The van der Waals surface area contributed by atoms with Crippen molar-refractivity contribution in [2.45, 2.75) is 57.1 Å². The Labute approximate surface area is 121 Å². The molecule has 0 aromatic heterocycles. The van der Waals surface area contributed by atoms with E-state index in [-0.39, 0.29) is 12.0 Å². The number of amides is 1. The molecule has 1 saturated carbocycles. The van der Waals surface area contributed by atoms with Crippen molar-refractivity contribution < 1.29 is 9.53 Å². The summed E-state index contributed by atoms with van der Waals surface area (Å²) in [5, 5.41) is 12.5. The van der Waals surface area contributed by atoms with Gasteiger partial charge in [-0.1, -0.05) is 25.7 Å². The molecule has 1 unspecified atom stereocenters. The summed E-state index contributed by atoms with van der Waals surface area (Å²) in [5.74, 6) is -0.0254. The molecule has 1 aliphatic carbocycles. The second-order valence-electron chi connectivity index (χ2n) is 6.07. The van der Waals surface area contributed by atoms with Gasteiger partial charge in [-0.25, -0.2) is 0 Å². The minimum absolute atomic E-state index is 0.0254. The third kappa shape index (κ3) is 4.19. The van der Waals surface area contributed by atoms with Crippen LogP contribution in [-0.2, 0) is 9.53 Å². The van der Waals surface area contributed by atoms with Crippen molar-refractivity contribution >= 4 is 5.91 Å². The number of hydrogen-bond donors (Lipinski definition) is 1. The van der Waals surface area contributed by atoms with Crippen LogP contribution in [0.5, 0.6) is 0 Å². The number of rotatable bonds is 3. The lowest BCUT2D eigenvalue weighted by Crippen LogP contribution is -2.52. The van der Waals surface area contributed by atoms with E-state index < -0.39 is 5.54 Å². The van der Waals surface area contributed by atoms with E-state index in [0.29, 0.717) is 13.2 Å². The fraction of sp³-hybridized carbons (Fsp3) is 0.867. The Bertz CT molecular complexity index is 370. The van der Waals surface area contributed by atoms with Crippen LogP contribution < -0.4 is 5.32 Å². The standard InChI is InChI=1S/C15H25N3O2/c1-13-10-18(8-9-20-13)11-14(19)17-15(12-16)6-4-2-3-5-7-15/h13H,2-11H2,1H3,(H,17,19). The predicted octanol–water partition coefficient (Wildman–Crippen LogP) is 1.44. The van der Waals surface area contributed by atoms with Gasteiger partial charge >= 0.3 is 0 Å². The van der Waals surface area contributed by atoms with Crippen LogP contribution >= 0.6 is 0 Å². The van der Waals surface area contributed by atoms with E-state index in [9.17, 15) is 10.1 Å². The maximum Gasteiger partial charge on any atom is 0.235 e. The smallest absolute Gasteiger partial charge is 0.235 e. The molecule has 20 heavy (non-hydrogen) atoms. The highest BCUT2D eigenvalue weighted by atomic mass is 16.5. The van der Waals surface area contributed by atoms with Crippen LogP contribution in [0.25, 0.3) is 0 Å². The maximum atomic E-state index is 12.2. The normalized spacial score (nSPS) is 27.3. The molecule has 112 valence electrons. The van der Waals surface area contributed by atoms with Crippen LogP contribution in [0, 0.1) is 11.3 Å². The van der Waals surface area contributed by atoms with Crippen LogP contribution in [0.15, 0.2) is 0 Å². The van der Waals surface area contributed by atoms with Crippen molar-refractivity contribution in [3.63, 3.8) is 0 Å². The van der Waals surface area contributed by atoms with Crippen LogP contribution in [0.2, 0.25) is 0 Å². The lowest BCUT2D eigenvalue weighted by Gasteiger charge is -2.32. The highest BCUT2D eigenvalue weighted by Gasteiger charge is 2.33. The minimum Gasteiger partial charge on any atom is -0.376 e. The van der Waals surface area contributed by atoms with Crippen molar-refractivity contribution in [2.75, 3.05) is 26.2 Å². The highest BCUT2D eigenvalue weighted by molar-refractivity contribution is 5.79. The van der Waals surface area contributed by atoms with E-state index in [2.05, 4.69) is 16.3 Å². The number of carbonyl (C=O) groups excluding carboxylic acids is 1. The summed E-state index contributed by atoms with van der Waals surface area (Å²) in [6.45, 7) is 4.64. The van der Waals surface area contributed by atoms with Gasteiger partial charge in [-0.05, 0) is 19.8 Å². The van der Waals surface area contributed by atoms with Crippen molar-refractivity contribution in [2.24, 2.45) is 0 Å². The lowest BCUT2D eigenvalue weighted by atomic mass is 9.92. The Morgan fingerprint density at radius 1 is 1.40 bits per heavy atom. The lowest BCUT2D eigenvalue weighted by molar-refractivity contribution is -0.125. The number of ether oxygens (including phenoxy) is 1. The summed E-state index contributed by atoms with van der Waals surface area (Å²) in [6, 6.07) is 2.36. The monoisotopic (exact) mass is 279 g/mol. The first-order valence-corrected chi connectivity index (χ1v) is 7.70. The van der Waals surface area contributed by atoms with Crippen molar-refractivity contribution in [1.82, 2.24) is 10.2 Å². The Morgan fingerprint density at radius 3 is 2.70 bits per heavy atom. The molecule has 0 spiro atoms. The maximum absolute atomic E-state index is 12.2. The van der Waals surface area contributed by atoms with Gasteiger partial charge < -0.3 is 10.1 Å². The number of nitrogens with one attached hydrogen (secondary N) is 1. The Morgan fingerprint density at radius 2 is 2.10 bits per heavy atom. The second-order valence-corrected chi connectivity index (χ2v) is 6.07. The summed E-state index contributed by atoms with van der Waals surface area (Å²) < 4.78 is 5.47. The number of hydrogen-bond acceptors (Lipinski definition) is 4. The van der Waals surface area contributed by atoms with Crippen LogP contribution in [0.1, 0.15) is 45.4 Å². The zero-order valence-corrected chi connectivity index (χ0v) is 12.4. The van der Waals surface area contributed by atoms with Gasteiger partial charge in [-0.3, -0.25) is 9.69 Å². The van der Waals surface area contributed by atoms with Gasteiger partial charge in [0.05, 0.1) is 25.3 Å². The fourth-order valence-corrected chi connectivity index (χ4v) is 3.14. The van der Waals surface area contributed by atoms with E-state index in [0.717, 1.165) is 38.8 Å². The molecule has 0 aromatic rings. The molecule has 2 fully saturated rings. The SMILES string of the molecule is CC1CN(CC(=O)NC2(C#N)CCCCCC2)CCO1. The molecule has 1 N–H and O–H groups in total. The molecule has 0 bridgehead atoms. The Kier molecular flexibility index (Phi) is 5.38. The van der Waals surface area contributed by atoms with E-state index >= 15 is 0 Å². The van der Waals surface area contributed by atoms with Crippen LogP contribution in [-0.4, -0.2) is 48.7 Å². The summed E-state index contributed by atoms with van der Waals surface area (Å²) >= 11 is 0. The van der Waals surface area contributed by atoms with Crippen molar-refractivity contribution in [1.29, 1.82) is 5.26 Å². The van der Waals surface area contributed by atoms with Gasteiger partial charge in [0.15, 0.2) is 0 Å². The van der Waals surface area contributed by atoms with Crippen LogP contribution in [0.3, 0.4) is 0 Å². The molecule has 1 saturated heterocycles. The second kappa shape index (κ2) is 7.05. The number of nitrogens with zero attached hydrogens (tertiary/aromatic N) is 2. The van der Waals surface area contributed by atoms with E-state index in [1.807, 2.05) is 6.92 Å². The van der Waals surface area contributed by atoms with Gasteiger partial charge in [0.2, 0.25) is 5.91 Å². The summed E-state index contributed by atoms with van der Waals surface area (Å²) in [5.41, 5.74) is -0.633. The third-order valence-electron chi connectivity index (χ3n) is 4.24. The van der Waals surface area contributed by atoms with Gasteiger partial charge in [0.1, 0.15) is 5.54 Å². The zero-order chi connectivity index (χ0) is 14.4. The largest absolute Gasteiger partial charge is 0.376 e. The molecule has 1 atom stereocenters. The molecule has 2 aliphatic rings. The van der Waals surface area contributed by atoms with Gasteiger partial charge in [-0.15, -0.1) is 0 Å². The van der Waals surface area contributed by atoms with E-state index in [4.69, 9.17) is 4.74 Å².